The van der Waals surface area contributed by atoms with Crippen LogP contribution < -0.4 is 5.32 Å². The van der Waals surface area contributed by atoms with Crippen molar-refractivity contribution in [1.82, 2.24) is 4.98 Å². The summed E-state index contributed by atoms with van der Waals surface area (Å²) >= 11 is 6.07. The number of hydrogen-bond acceptors (Lipinski definition) is 5. The second kappa shape index (κ2) is 6.75. The Balaban J connectivity index is 2.20. The van der Waals surface area contributed by atoms with Crippen LogP contribution in [0.1, 0.15) is 23.7 Å². The normalized spacial score (nSPS) is 26.7. The number of nitrogens with one attached hydrogen (secondary N) is 1. The average Bonchev–Trinajstić information content (AvgIpc) is 2.68. The minimum atomic E-state index is -3.03. The lowest BCUT2D eigenvalue weighted by Gasteiger charge is -2.21. The van der Waals surface area contributed by atoms with Gasteiger partial charge in [0.15, 0.2) is 0 Å². The summed E-state index contributed by atoms with van der Waals surface area (Å²) in [5.74, 6) is -3.60. The molecule has 1 heterocycles. The van der Waals surface area contributed by atoms with Gasteiger partial charge in [0.05, 0.1) is 23.7 Å². The molecule has 1 aromatic rings. The van der Waals surface area contributed by atoms with Crippen LogP contribution in [0.4, 0.5) is 14.5 Å². The second-order valence-corrected chi connectivity index (χ2v) is 5.46. The van der Waals surface area contributed by atoms with Gasteiger partial charge in [-0.05, 0) is 13.0 Å². The van der Waals surface area contributed by atoms with Gasteiger partial charge in [-0.1, -0.05) is 0 Å². The van der Waals surface area contributed by atoms with E-state index in [1.54, 1.807) is 6.92 Å². The minimum absolute atomic E-state index is 0.178. The zero-order valence-corrected chi connectivity index (χ0v) is 12.9. The number of nitrogens with zero attached hydrogens (tertiary/aromatic N) is 1. The number of pyridine rings is 1. The van der Waals surface area contributed by atoms with Crippen LogP contribution in [-0.4, -0.2) is 48.1 Å². The van der Waals surface area contributed by atoms with Crippen LogP contribution in [-0.2, 0) is 9.47 Å². The van der Waals surface area contributed by atoms with E-state index in [2.05, 4.69) is 10.3 Å². The maximum absolute atomic E-state index is 13.8. The number of carbonyl (C=O) groups is 1. The Morgan fingerprint density at radius 1 is 1.59 bits per heavy atom. The van der Waals surface area contributed by atoms with Crippen LogP contribution in [0.3, 0.4) is 0 Å². The van der Waals surface area contributed by atoms with Crippen molar-refractivity contribution in [2.45, 2.75) is 36.8 Å². The highest BCUT2D eigenvalue weighted by Gasteiger charge is 2.55. The molecule has 122 valence electrons. The van der Waals surface area contributed by atoms with Crippen molar-refractivity contribution in [3.63, 3.8) is 0 Å². The van der Waals surface area contributed by atoms with Gasteiger partial charge in [-0.2, -0.15) is 0 Å². The zero-order chi connectivity index (χ0) is 16.3. The highest BCUT2D eigenvalue weighted by atomic mass is 35.5. The number of methoxy groups -OCH3 is 1. The number of rotatable bonds is 5. The predicted octanol–water partition coefficient (Wildman–Crippen LogP) is 2.70. The number of hydrogen-bond donors (Lipinski definition) is 1. The Bertz CT molecular complexity index is 545. The monoisotopic (exact) mass is 334 g/mol. The van der Waals surface area contributed by atoms with Crippen LogP contribution in [0.5, 0.6) is 0 Å². The lowest BCUT2D eigenvalue weighted by Crippen LogP contribution is -2.36. The average molecular weight is 335 g/mol. The molecule has 2 rings (SSSR count). The molecule has 0 amide bonds. The zero-order valence-electron chi connectivity index (χ0n) is 12.2. The molecule has 3 unspecified atom stereocenters. The summed E-state index contributed by atoms with van der Waals surface area (Å²) < 4.78 is 37.4. The highest BCUT2D eigenvalue weighted by Crippen LogP contribution is 2.41. The molecule has 1 aliphatic rings. The fraction of sp³-hybridized carbons (Fsp3) is 0.571. The van der Waals surface area contributed by atoms with E-state index >= 15 is 0 Å². The molecule has 1 N–H and O–H groups in total. The molecule has 3 atom stereocenters. The molecule has 0 saturated heterocycles. The third kappa shape index (κ3) is 3.30. The van der Waals surface area contributed by atoms with E-state index in [1.807, 2.05) is 0 Å². The number of halogens is 3. The minimum Gasteiger partial charge on any atom is -0.462 e. The van der Waals surface area contributed by atoms with E-state index in [4.69, 9.17) is 21.1 Å². The summed E-state index contributed by atoms with van der Waals surface area (Å²) in [6, 6.07) is 0.783. The van der Waals surface area contributed by atoms with Crippen LogP contribution in [0.2, 0.25) is 0 Å². The number of esters is 1. The van der Waals surface area contributed by atoms with Crippen LogP contribution in [0.25, 0.3) is 0 Å². The summed E-state index contributed by atoms with van der Waals surface area (Å²) in [5, 5.41) is 1.96. The van der Waals surface area contributed by atoms with Crippen molar-refractivity contribution in [1.29, 1.82) is 0 Å². The Kier molecular flexibility index (Phi) is 5.18. The summed E-state index contributed by atoms with van der Waals surface area (Å²) in [6.07, 6.45) is 0.920. The lowest BCUT2D eigenvalue weighted by molar-refractivity contribution is -0.101. The van der Waals surface area contributed by atoms with Crippen molar-refractivity contribution >= 4 is 23.3 Å². The lowest BCUT2D eigenvalue weighted by atomic mass is 10.2. The first-order chi connectivity index (χ1) is 10.4. The molecule has 0 aromatic carbocycles. The van der Waals surface area contributed by atoms with E-state index in [1.165, 1.54) is 25.6 Å². The van der Waals surface area contributed by atoms with Gasteiger partial charge in [0.2, 0.25) is 0 Å². The van der Waals surface area contributed by atoms with Crippen LogP contribution in [0.15, 0.2) is 18.5 Å². The molecule has 1 aromatic heterocycles. The maximum Gasteiger partial charge on any atom is 0.341 e. The first-order valence-electron chi connectivity index (χ1n) is 6.83. The largest absolute Gasteiger partial charge is 0.462 e. The standard InChI is InChI=1S/C14H17ClF2N2O3/c1-3-22-13(20)8-7-18-5-4-9(8)19-10-6-14(16,17)12(21-2)11(10)15/h4-5,7,10-12H,3,6H2,1-2H3,(H,18,19). The van der Waals surface area contributed by atoms with E-state index < -0.39 is 35.8 Å². The van der Waals surface area contributed by atoms with Crippen molar-refractivity contribution in [2.75, 3.05) is 19.0 Å². The Morgan fingerprint density at radius 3 is 2.91 bits per heavy atom. The van der Waals surface area contributed by atoms with Crippen LogP contribution >= 0.6 is 11.6 Å². The molecular formula is C14H17ClF2N2O3. The van der Waals surface area contributed by atoms with Crippen LogP contribution in [0, 0.1) is 0 Å². The molecule has 1 saturated carbocycles. The first kappa shape index (κ1) is 16.9. The van der Waals surface area contributed by atoms with E-state index in [9.17, 15) is 13.6 Å². The van der Waals surface area contributed by atoms with Crippen molar-refractivity contribution < 1.29 is 23.0 Å². The smallest absolute Gasteiger partial charge is 0.341 e. The molecule has 5 nitrogen and oxygen atoms in total. The van der Waals surface area contributed by atoms with E-state index in [0.29, 0.717) is 5.69 Å². The Labute approximate surface area is 132 Å². The quantitative estimate of drug-likeness (QED) is 0.662. The SMILES string of the molecule is CCOC(=O)c1cnccc1NC1CC(F)(F)C(OC)C1Cl. The van der Waals surface area contributed by atoms with Gasteiger partial charge in [-0.15, -0.1) is 11.6 Å². The van der Waals surface area contributed by atoms with Gasteiger partial charge >= 0.3 is 5.97 Å². The number of aromatic nitrogens is 1. The summed E-state index contributed by atoms with van der Waals surface area (Å²) in [4.78, 5) is 15.7. The molecular weight excluding hydrogens is 318 g/mol. The molecule has 8 heteroatoms. The third-order valence-electron chi connectivity index (χ3n) is 3.49. The molecule has 1 fully saturated rings. The summed E-state index contributed by atoms with van der Waals surface area (Å²) in [7, 11) is 1.20. The van der Waals surface area contributed by atoms with Gasteiger partial charge in [-0.25, -0.2) is 13.6 Å². The summed E-state index contributed by atoms with van der Waals surface area (Å²) in [5.41, 5.74) is 0.536. The number of carbonyl (C=O) groups excluding carboxylic acids is 1. The molecule has 0 bridgehead atoms. The molecule has 1 aliphatic carbocycles. The number of ether oxygens (including phenoxy) is 2. The Hall–Kier alpha value is -1.47. The van der Waals surface area contributed by atoms with Gasteiger partial charge in [0.1, 0.15) is 11.7 Å². The van der Waals surface area contributed by atoms with E-state index in [0.717, 1.165) is 0 Å². The van der Waals surface area contributed by atoms with Crippen molar-refractivity contribution in [2.24, 2.45) is 0 Å². The van der Waals surface area contributed by atoms with Gasteiger partial charge in [-0.3, -0.25) is 4.98 Å². The highest BCUT2D eigenvalue weighted by molar-refractivity contribution is 6.22. The summed E-state index contributed by atoms with van der Waals surface area (Å²) in [6.45, 7) is 1.88. The fourth-order valence-electron chi connectivity index (χ4n) is 2.49. The van der Waals surface area contributed by atoms with Gasteiger partial charge < -0.3 is 14.8 Å². The van der Waals surface area contributed by atoms with E-state index in [-0.39, 0.29) is 12.2 Å². The first-order valence-corrected chi connectivity index (χ1v) is 7.26. The number of anilines is 1. The third-order valence-corrected chi connectivity index (χ3v) is 4.03. The molecule has 0 spiro atoms. The topological polar surface area (TPSA) is 60.5 Å². The predicted molar refractivity (Wildman–Crippen MR) is 77.6 cm³/mol. The maximum atomic E-state index is 13.8. The fourth-order valence-corrected chi connectivity index (χ4v) is 2.93. The Morgan fingerprint density at radius 2 is 2.32 bits per heavy atom. The molecule has 22 heavy (non-hydrogen) atoms. The molecule has 0 radical (unpaired) electrons. The van der Waals surface area contributed by atoms with Crippen molar-refractivity contribution in [3.05, 3.63) is 24.0 Å². The van der Waals surface area contributed by atoms with Gasteiger partial charge in [0, 0.05) is 25.9 Å². The van der Waals surface area contributed by atoms with Gasteiger partial charge in [0.25, 0.3) is 5.92 Å². The molecule has 0 aliphatic heterocycles. The number of alkyl halides is 3. The van der Waals surface area contributed by atoms with Crippen molar-refractivity contribution in [3.8, 4) is 0 Å². The second-order valence-electron chi connectivity index (χ2n) is 4.96.